The molecule has 0 saturated carbocycles. The average molecular weight is 890 g/mol. The maximum atomic E-state index is 2.60. The summed E-state index contributed by atoms with van der Waals surface area (Å²) in [4.78, 5) is 2.60. The van der Waals surface area contributed by atoms with Crippen LogP contribution in [0.2, 0.25) is 0 Å². The van der Waals surface area contributed by atoms with Crippen LogP contribution in [0.25, 0.3) is 77.2 Å². The molecule has 0 bridgehead atoms. The van der Waals surface area contributed by atoms with E-state index in [1.165, 1.54) is 88.3 Å². The fourth-order valence-electron chi connectivity index (χ4n) is 11.6. The molecular weight excluding hydrogens is 843 g/mol. The van der Waals surface area contributed by atoms with Gasteiger partial charge in [0.25, 0.3) is 0 Å². The van der Waals surface area contributed by atoms with Crippen molar-refractivity contribution in [1.29, 1.82) is 0 Å². The molecule has 12 aromatic carbocycles. The van der Waals surface area contributed by atoms with Gasteiger partial charge in [0.05, 0.1) is 16.8 Å². The van der Waals surface area contributed by atoms with E-state index in [2.05, 4.69) is 290 Å². The minimum atomic E-state index is -0.573. The molecule has 1 nitrogen and oxygen atoms in total. The van der Waals surface area contributed by atoms with Crippen molar-refractivity contribution in [3.63, 3.8) is 0 Å². The number of fused-ring (bicyclic) bond motifs is 6. The average Bonchev–Trinajstić information content (AvgIpc) is 3.76. The molecule has 0 spiro atoms. The summed E-state index contributed by atoms with van der Waals surface area (Å²) in [5.41, 5.74) is 19.7. The number of hydrogen-bond donors (Lipinski definition) is 0. The Kier molecular flexibility index (Phi) is 10.1. The van der Waals surface area contributed by atoms with Gasteiger partial charge >= 0.3 is 0 Å². The minimum absolute atomic E-state index is 0.573. The Morgan fingerprint density at radius 3 is 1.40 bits per heavy atom. The number of benzene rings is 12. The van der Waals surface area contributed by atoms with Crippen LogP contribution < -0.4 is 4.90 Å². The molecule has 0 saturated heterocycles. The first-order valence-electron chi connectivity index (χ1n) is 24.3. The van der Waals surface area contributed by atoms with Gasteiger partial charge in [-0.1, -0.05) is 261 Å². The molecule has 0 aliphatic heterocycles. The topological polar surface area (TPSA) is 3.24 Å². The predicted octanol–water partition coefficient (Wildman–Crippen LogP) is 18.5. The van der Waals surface area contributed by atoms with Gasteiger partial charge in [0, 0.05) is 22.2 Å². The molecule has 1 aliphatic carbocycles. The molecule has 1 aliphatic rings. The molecule has 0 aromatic heterocycles. The molecule has 13 rings (SSSR count). The molecule has 0 radical (unpaired) electrons. The zero-order valence-corrected chi connectivity index (χ0v) is 38.6. The van der Waals surface area contributed by atoms with Crippen LogP contribution in [0.4, 0.5) is 17.1 Å². The first kappa shape index (κ1) is 41.2. The first-order chi connectivity index (χ1) is 34.8. The maximum absolute atomic E-state index is 2.60. The van der Waals surface area contributed by atoms with Gasteiger partial charge in [-0.05, 0) is 107 Å². The highest BCUT2D eigenvalue weighted by molar-refractivity contribution is 6.23. The van der Waals surface area contributed by atoms with Crippen LogP contribution in [-0.4, -0.2) is 0 Å². The highest BCUT2D eigenvalue weighted by Gasteiger charge is 2.47. The zero-order valence-electron chi connectivity index (χ0n) is 38.6. The number of hydrogen-bond acceptors (Lipinski definition) is 1. The summed E-state index contributed by atoms with van der Waals surface area (Å²) >= 11 is 0. The van der Waals surface area contributed by atoms with E-state index >= 15 is 0 Å². The molecule has 0 heterocycles. The Bertz CT molecular complexity index is 3840. The minimum Gasteiger partial charge on any atom is -0.309 e. The third kappa shape index (κ3) is 6.62. The van der Waals surface area contributed by atoms with E-state index in [4.69, 9.17) is 0 Å². The second-order valence-corrected chi connectivity index (χ2v) is 18.3. The molecule has 328 valence electrons. The lowest BCUT2D eigenvalue weighted by molar-refractivity contribution is 0.768. The van der Waals surface area contributed by atoms with Crippen LogP contribution >= 0.6 is 0 Å². The van der Waals surface area contributed by atoms with E-state index in [0.717, 1.165) is 28.2 Å². The lowest BCUT2D eigenvalue weighted by Crippen LogP contribution is -2.28. The van der Waals surface area contributed by atoms with Crippen molar-refractivity contribution in [3.05, 3.63) is 307 Å². The standard InChI is InChI=1S/C69H47N/c1-5-24-48(25-6-1)50-28-22-35-55(47-50)70(65-45-23-44-64-67(65)62-42-19-20-43-63(62)69(64,53-31-9-3-10-32-53)54-33-11-4-12-34-54)68-61-41-18-16-39-59(61)58-38-15-17-40-60(58)66(68)52-30-21-29-51(46-52)57-37-14-13-36-56(57)49-26-7-2-8-27-49/h1-47H. The molecule has 1 heteroatoms. The van der Waals surface area contributed by atoms with E-state index in [0.29, 0.717) is 0 Å². The Morgan fingerprint density at radius 2 is 0.714 bits per heavy atom. The van der Waals surface area contributed by atoms with Crippen LogP contribution in [-0.2, 0) is 5.41 Å². The van der Waals surface area contributed by atoms with Gasteiger partial charge in [-0.2, -0.15) is 0 Å². The van der Waals surface area contributed by atoms with E-state index < -0.39 is 5.41 Å². The van der Waals surface area contributed by atoms with Crippen LogP contribution in [0.15, 0.2) is 285 Å². The first-order valence-corrected chi connectivity index (χ1v) is 24.3. The van der Waals surface area contributed by atoms with Gasteiger partial charge in [-0.15, -0.1) is 0 Å². The summed E-state index contributed by atoms with van der Waals surface area (Å²) in [5, 5.41) is 4.81. The highest BCUT2D eigenvalue weighted by atomic mass is 15.2. The Hall–Kier alpha value is -9.04. The molecular formula is C69H47N. The third-order valence-electron chi connectivity index (χ3n) is 14.5. The summed E-state index contributed by atoms with van der Waals surface area (Å²) in [6.45, 7) is 0. The van der Waals surface area contributed by atoms with Crippen LogP contribution in [0.3, 0.4) is 0 Å². The molecule has 12 aromatic rings. The largest absolute Gasteiger partial charge is 0.309 e. The third-order valence-corrected chi connectivity index (χ3v) is 14.5. The van der Waals surface area contributed by atoms with Crippen molar-refractivity contribution in [2.24, 2.45) is 0 Å². The normalized spacial score (nSPS) is 12.4. The van der Waals surface area contributed by atoms with Crippen molar-refractivity contribution in [2.45, 2.75) is 5.41 Å². The maximum Gasteiger partial charge on any atom is 0.0714 e. The lowest BCUT2D eigenvalue weighted by atomic mass is 9.68. The van der Waals surface area contributed by atoms with Crippen molar-refractivity contribution in [2.75, 3.05) is 4.90 Å². The van der Waals surface area contributed by atoms with E-state index in [1.54, 1.807) is 0 Å². The zero-order chi connectivity index (χ0) is 46.4. The number of nitrogens with zero attached hydrogens (tertiary/aromatic N) is 1. The number of rotatable bonds is 9. The summed E-state index contributed by atoms with van der Waals surface area (Å²) in [6.07, 6.45) is 0. The summed E-state index contributed by atoms with van der Waals surface area (Å²) < 4.78 is 0. The van der Waals surface area contributed by atoms with Crippen molar-refractivity contribution in [1.82, 2.24) is 0 Å². The lowest BCUT2D eigenvalue weighted by Gasteiger charge is -2.35. The summed E-state index contributed by atoms with van der Waals surface area (Å²) in [6, 6.07) is 105. The van der Waals surface area contributed by atoms with Gasteiger partial charge in [-0.3, -0.25) is 0 Å². The van der Waals surface area contributed by atoms with Crippen molar-refractivity contribution >= 4 is 38.6 Å². The predicted molar refractivity (Wildman–Crippen MR) is 295 cm³/mol. The highest BCUT2D eigenvalue weighted by Crippen LogP contribution is 2.61. The van der Waals surface area contributed by atoms with Gasteiger partial charge < -0.3 is 4.90 Å². The van der Waals surface area contributed by atoms with Crippen LogP contribution in [0, 0.1) is 0 Å². The Morgan fingerprint density at radius 1 is 0.257 bits per heavy atom. The quantitative estimate of drug-likeness (QED) is 0.131. The Balaban J connectivity index is 1.16. The smallest absolute Gasteiger partial charge is 0.0714 e. The molecule has 0 fully saturated rings. The SMILES string of the molecule is c1ccc(-c2cccc(N(c3cccc4c3-c3ccccc3C4(c3ccccc3)c3ccccc3)c3c(-c4cccc(-c5ccccc5-c5ccccc5)c4)c4ccccc4c4ccccc34)c2)cc1. The van der Waals surface area contributed by atoms with Gasteiger partial charge in [0.15, 0.2) is 0 Å². The molecule has 0 N–H and O–H groups in total. The van der Waals surface area contributed by atoms with Gasteiger partial charge in [-0.25, -0.2) is 0 Å². The van der Waals surface area contributed by atoms with Crippen LogP contribution in [0.5, 0.6) is 0 Å². The molecule has 70 heavy (non-hydrogen) atoms. The Labute approximate surface area is 409 Å². The molecule has 0 atom stereocenters. The van der Waals surface area contributed by atoms with E-state index in [-0.39, 0.29) is 0 Å². The fourth-order valence-corrected chi connectivity index (χ4v) is 11.6. The molecule has 0 amide bonds. The fraction of sp³-hybridized carbons (Fsp3) is 0.0145. The second kappa shape index (κ2) is 17.2. The monoisotopic (exact) mass is 889 g/mol. The summed E-state index contributed by atoms with van der Waals surface area (Å²) in [7, 11) is 0. The van der Waals surface area contributed by atoms with Crippen molar-refractivity contribution in [3.8, 4) is 55.6 Å². The van der Waals surface area contributed by atoms with E-state index in [9.17, 15) is 0 Å². The van der Waals surface area contributed by atoms with Crippen LogP contribution in [0.1, 0.15) is 22.3 Å². The summed E-state index contributed by atoms with van der Waals surface area (Å²) in [5.74, 6) is 0. The van der Waals surface area contributed by atoms with Crippen molar-refractivity contribution < 1.29 is 0 Å². The second-order valence-electron chi connectivity index (χ2n) is 18.3. The number of anilines is 3. The van der Waals surface area contributed by atoms with Gasteiger partial charge in [0.2, 0.25) is 0 Å². The van der Waals surface area contributed by atoms with E-state index in [1.807, 2.05) is 0 Å². The molecule has 0 unspecified atom stereocenters. The van der Waals surface area contributed by atoms with Gasteiger partial charge in [0.1, 0.15) is 0 Å².